The number of carbonyl (C=O) groups excluding carboxylic acids is 1. The summed E-state index contributed by atoms with van der Waals surface area (Å²) in [5, 5.41) is 0. The quantitative estimate of drug-likeness (QED) is 0.0496. The molecule has 7 heteroatoms. The summed E-state index contributed by atoms with van der Waals surface area (Å²) in [4.78, 5) is 20.6. The van der Waals surface area contributed by atoms with Gasteiger partial charge >= 0.3 is 0 Å². The zero-order valence-electron chi connectivity index (χ0n) is 39.9. The van der Waals surface area contributed by atoms with Gasteiger partial charge in [-0.25, -0.2) is 0 Å². The smallest absolute Gasteiger partial charge is 0.174 e. The van der Waals surface area contributed by atoms with E-state index in [-0.39, 0.29) is 5.41 Å². The number of thiophene rings is 2. The van der Waals surface area contributed by atoms with E-state index in [0.29, 0.717) is 5.78 Å². The number of benzene rings is 1. The van der Waals surface area contributed by atoms with Crippen LogP contribution in [-0.4, -0.2) is 14.5 Å². The Hall–Kier alpha value is -1.93. The molecule has 0 atom stereocenters. The molecule has 1 aromatic carbocycles. The van der Waals surface area contributed by atoms with Gasteiger partial charge in [-0.15, -0.1) is 22.7 Å². The van der Waals surface area contributed by atoms with E-state index in [0.717, 1.165) is 59.8 Å². The van der Waals surface area contributed by atoms with Gasteiger partial charge in [0.15, 0.2) is 5.78 Å². The Morgan fingerprint density at radius 3 is 1.48 bits per heavy atom. The first-order valence-electron chi connectivity index (χ1n) is 25.4. The molecule has 4 aromatic rings. The Kier molecular flexibility index (Phi) is 20.5. The van der Waals surface area contributed by atoms with Crippen molar-refractivity contribution in [2.75, 3.05) is 0 Å². The largest absolute Gasteiger partial charge is 0.322 e. The van der Waals surface area contributed by atoms with Crippen molar-refractivity contribution in [1.29, 1.82) is 0 Å². The van der Waals surface area contributed by atoms with Crippen molar-refractivity contribution in [1.82, 2.24) is 8.75 Å². The molecule has 5 rings (SSSR count). The lowest BCUT2D eigenvalue weighted by molar-refractivity contribution is 0.0855. The van der Waals surface area contributed by atoms with Crippen molar-refractivity contribution >= 4 is 51.2 Å². The molecule has 0 aliphatic heterocycles. The zero-order valence-corrected chi connectivity index (χ0v) is 42.4. The van der Waals surface area contributed by atoms with E-state index in [1.807, 2.05) is 36.5 Å². The van der Waals surface area contributed by atoms with Gasteiger partial charge in [0.05, 0.1) is 22.0 Å². The molecule has 0 amide bonds. The highest BCUT2D eigenvalue weighted by atomic mass is 32.1. The van der Waals surface area contributed by atoms with Crippen LogP contribution in [0.3, 0.4) is 0 Å². The molecule has 0 radical (unpaired) electrons. The fourth-order valence-electron chi connectivity index (χ4n) is 9.76. The van der Waals surface area contributed by atoms with E-state index in [2.05, 4.69) is 58.9 Å². The lowest BCUT2D eigenvalue weighted by atomic mass is 9.65. The van der Waals surface area contributed by atoms with Gasteiger partial charge in [0.1, 0.15) is 11.0 Å². The molecule has 0 spiro atoms. The van der Waals surface area contributed by atoms with Gasteiger partial charge in [-0.2, -0.15) is 8.75 Å². The summed E-state index contributed by atoms with van der Waals surface area (Å²) in [7, 11) is 0. The van der Waals surface area contributed by atoms with Gasteiger partial charge in [-0.3, -0.25) is 4.79 Å². The highest BCUT2D eigenvalue weighted by molar-refractivity contribution is 7.24. The Bertz CT molecular complexity index is 1860. The second kappa shape index (κ2) is 24.9. The van der Waals surface area contributed by atoms with Crippen LogP contribution < -0.4 is 5.73 Å². The van der Waals surface area contributed by atoms with Crippen molar-refractivity contribution in [3.05, 3.63) is 45.8 Å². The number of hydrogen-bond donors (Lipinski definition) is 1. The minimum Gasteiger partial charge on any atom is -0.322 e. The van der Waals surface area contributed by atoms with Crippen molar-refractivity contribution < 1.29 is 4.79 Å². The Balaban J connectivity index is 1.35. The highest BCUT2D eigenvalue weighted by Gasteiger charge is 2.48. The average molecular weight is 888 g/mol. The molecule has 61 heavy (non-hydrogen) atoms. The first kappa shape index (κ1) is 50.1. The van der Waals surface area contributed by atoms with Crippen molar-refractivity contribution in [2.24, 2.45) is 5.73 Å². The maximum atomic E-state index is 15.5. The molecule has 0 saturated carbocycles. The Labute approximate surface area is 385 Å². The van der Waals surface area contributed by atoms with Crippen LogP contribution in [0.4, 0.5) is 0 Å². The molecule has 3 aromatic heterocycles. The number of fused-ring (bicyclic) bond motifs is 4. The number of carbonyl (C=O) groups is 1. The van der Waals surface area contributed by atoms with E-state index in [9.17, 15) is 0 Å². The van der Waals surface area contributed by atoms with Gasteiger partial charge in [-0.1, -0.05) is 214 Å². The number of nitrogens with two attached hydrogens (primary N) is 1. The maximum absolute atomic E-state index is 15.5. The summed E-state index contributed by atoms with van der Waals surface area (Å²) >= 11 is 5.04. The minimum atomic E-state index is -0.515. The SMILES string of the molecule is CCCCCCCCCCCCCCCC1(CCCCCCCCCCCCCCC)C(=O)c2cc(C(C)(C)CC)sc2-c2sc(-c3ccc(C(C)(C)N)c4nsnc34)cc21. The molecule has 2 N–H and O–H groups in total. The number of hydrogen-bond acceptors (Lipinski definition) is 7. The number of Topliss-reactive ketones (excluding diaryl/α,β-unsaturated/α-hetero) is 1. The molecular formula is C54H85N3OS3. The van der Waals surface area contributed by atoms with Crippen LogP contribution in [0, 0.1) is 0 Å². The molecule has 3 heterocycles. The van der Waals surface area contributed by atoms with Crippen molar-refractivity contribution in [2.45, 2.75) is 251 Å². The minimum absolute atomic E-state index is 0.0264. The summed E-state index contributed by atoms with van der Waals surface area (Å²) in [6.45, 7) is 15.7. The standard InChI is InChI=1S/C54H85N3OS3/c1-8-11-13-15-17-19-21-23-25-27-29-31-33-37-54(38-34-32-30-28-26-24-22-20-18-16-14-12-9-2)44-40-45(41-35-36-43(53(6,7)55)48-47(41)56-61-57-48)59-50(44)49-42(51(54)58)39-46(60-49)52(4,5)10-3/h35-36,39-40H,8-34,37-38,55H2,1-7H3. The van der Waals surface area contributed by atoms with Gasteiger partial charge in [-0.05, 0) is 56.2 Å². The fraction of sp³-hybridized carbons (Fsp3) is 0.722. The molecule has 0 fully saturated rings. The van der Waals surface area contributed by atoms with Crippen LogP contribution in [0.1, 0.15) is 261 Å². The summed E-state index contributed by atoms with van der Waals surface area (Å²) in [6, 6.07) is 9.12. The predicted octanol–water partition coefficient (Wildman–Crippen LogP) is 18.4. The molecule has 1 aliphatic carbocycles. The van der Waals surface area contributed by atoms with Gasteiger partial charge in [0.2, 0.25) is 0 Å². The highest BCUT2D eigenvalue weighted by Crippen LogP contribution is 2.57. The summed E-state index contributed by atoms with van der Waals surface area (Å²) in [5.41, 5.74) is 12.0. The second-order valence-corrected chi connectivity index (χ2v) is 22.8. The normalized spacial score (nSPS) is 14.0. The van der Waals surface area contributed by atoms with Gasteiger partial charge < -0.3 is 5.73 Å². The van der Waals surface area contributed by atoms with Crippen LogP contribution >= 0.6 is 34.4 Å². The third-order valence-corrected chi connectivity index (χ3v) is 17.6. The first-order chi connectivity index (χ1) is 29.5. The topological polar surface area (TPSA) is 68.9 Å². The lowest BCUT2D eigenvalue weighted by Crippen LogP contribution is -2.38. The zero-order chi connectivity index (χ0) is 43.7. The Morgan fingerprint density at radius 2 is 1.02 bits per heavy atom. The van der Waals surface area contributed by atoms with E-state index in [1.165, 1.54) is 191 Å². The van der Waals surface area contributed by atoms with Crippen molar-refractivity contribution in [3.63, 3.8) is 0 Å². The summed E-state index contributed by atoms with van der Waals surface area (Å²) in [5.74, 6) is 0.396. The van der Waals surface area contributed by atoms with Crippen LogP contribution in [0.5, 0.6) is 0 Å². The second-order valence-electron chi connectivity index (χ2n) is 20.2. The lowest BCUT2D eigenvalue weighted by Gasteiger charge is -2.36. The van der Waals surface area contributed by atoms with Crippen LogP contribution in [-0.2, 0) is 16.4 Å². The van der Waals surface area contributed by atoms with Crippen LogP contribution in [0.15, 0.2) is 24.3 Å². The van der Waals surface area contributed by atoms with E-state index in [1.54, 1.807) is 0 Å². The molecular weight excluding hydrogens is 803 g/mol. The molecule has 0 unspecified atom stereocenters. The van der Waals surface area contributed by atoms with E-state index in [4.69, 9.17) is 14.5 Å². The Morgan fingerprint density at radius 1 is 0.557 bits per heavy atom. The molecule has 0 bridgehead atoms. The molecule has 340 valence electrons. The number of rotatable bonds is 32. The summed E-state index contributed by atoms with van der Waals surface area (Å²) < 4.78 is 9.64. The monoisotopic (exact) mass is 888 g/mol. The molecule has 1 aliphatic rings. The fourth-order valence-corrected chi connectivity index (χ4v) is 13.1. The van der Waals surface area contributed by atoms with Crippen molar-refractivity contribution in [3.8, 4) is 20.2 Å². The predicted molar refractivity (Wildman–Crippen MR) is 271 cm³/mol. The van der Waals surface area contributed by atoms with Crippen LogP contribution in [0.2, 0.25) is 0 Å². The van der Waals surface area contributed by atoms with Crippen LogP contribution in [0.25, 0.3) is 31.2 Å². The first-order valence-corrected chi connectivity index (χ1v) is 27.7. The van der Waals surface area contributed by atoms with E-state index >= 15 is 4.79 Å². The van der Waals surface area contributed by atoms with Gasteiger partial charge in [0, 0.05) is 36.9 Å². The average Bonchev–Trinajstić information content (AvgIpc) is 4.02. The summed E-state index contributed by atoms with van der Waals surface area (Å²) in [6.07, 6.45) is 37.7. The number of unbranched alkanes of at least 4 members (excludes halogenated alkanes) is 24. The number of nitrogens with zero attached hydrogens (tertiary/aromatic N) is 2. The third-order valence-electron chi connectivity index (χ3n) is 14.2. The molecule has 0 saturated heterocycles. The molecule has 4 nitrogen and oxygen atoms in total. The third kappa shape index (κ3) is 13.6. The maximum Gasteiger partial charge on any atom is 0.174 e. The number of ketones is 1. The van der Waals surface area contributed by atoms with Gasteiger partial charge in [0.25, 0.3) is 0 Å². The van der Waals surface area contributed by atoms with E-state index < -0.39 is 11.0 Å². The number of aromatic nitrogens is 2.